The van der Waals surface area contributed by atoms with E-state index in [-0.39, 0.29) is 0 Å². The Hall–Kier alpha value is -2.30. The largest absolute Gasteiger partial charge is 0.440 e. The standard InChI is InChI=1S/C16H18N4O/c1-2-20-10-11(9-18-20)8-17-13-5-6-15-14(7-13)19-16(21-15)12-3-4-12/h5-7,9-10,12,17H,2-4,8H2,1H3. The predicted molar refractivity (Wildman–Crippen MR) is 81.2 cm³/mol. The summed E-state index contributed by atoms with van der Waals surface area (Å²) < 4.78 is 7.71. The van der Waals surface area contributed by atoms with E-state index in [1.165, 1.54) is 18.4 Å². The highest BCUT2D eigenvalue weighted by Crippen LogP contribution is 2.40. The van der Waals surface area contributed by atoms with Crippen LogP contribution in [0.2, 0.25) is 0 Å². The van der Waals surface area contributed by atoms with Gasteiger partial charge in [0, 0.05) is 36.5 Å². The molecule has 0 radical (unpaired) electrons. The third-order valence-corrected chi connectivity index (χ3v) is 3.84. The molecule has 108 valence electrons. The van der Waals surface area contributed by atoms with Crippen LogP contribution in [0, 0.1) is 0 Å². The number of hydrogen-bond acceptors (Lipinski definition) is 4. The first kappa shape index (κ1) is 12.4. The van der Waals surface area contributed by atoms with Gasteiger partial charge in [0.25, 0.3) is 0 Å². The molecule has 2 aromatic heterocycles. The molecule has 1 aliphatic rings. The zero-order valence-electron chi connectivity index (χ0n) is 12.0. The zero-order valence-corrected chi connectivity index (χ0v) is 12.0. The summed E-state index contributed by atoms with van der Waals surface area (Å²) in [4.78, 5) is 4.58. The van der Waals surface area contributed by atoms with Gasteiger partial charge in [0.15, 0.2) is 11.5 Å². The van der Waals surface area contributed by atoms with Crippen LogP contribution < -0.4 is 5.32 Å². The number of hydrogen-bond donors (Lipinski definition) is 1. The molecule has 1 fully saturated rings. The number of aryl methyl sites for hydroxylation is 1. The van der Waals surface area contributed by atoms with E-state index >= 15 is 0 Å². The van der Waals surface area contributed by atoms with Crippen molar-refractivity contribution in [2.75, 3.05) is 5.32 Å². The maximum absolute atomic E-state index is 5.78. The Bertz CT molecular complexity index is 770. The molecule has 2 heterocycles. The minimum Gasteiger partial charge on any atom is -0.440 e. The second-order valence-corrected chi connectivity index (χ2v) is 5.57. The fraction of sp³-hybridized carbons (Fsp3) is 0.375. The molecule has 0 amide bonds. The number of anilines is 1. The van der Waals surface area contributed by atoms with Gasteiger partial charge >= 0.3 is 0 Å². The van der Waals surface area contributed by atoms with Gasteiger partial charge in [-0.05, 0) is 38.0 Å². The summed E-state index contributed by atoms with van der Waals surface area (Å²) in [5.74, 6) is 1.44. The van der Waals surface area contributed by atoms with Crippen molar-refractivity contribution in [2.45, 2.75) is 38.8 Å². The van der Waals surface area contributed by atoms with Crippen molar-refractivity contribution in [3.05, 3.63) is 42.0 Å². The van der Waals surface area contributed by atoms with Crippen molar-refractivity contribution in [2.24, 2.45) is 0 Å². The number of rotatable bonds is 5. The minimum absolute atomic E-state index is 0.550. The zero-order chi connectivity index (χ0) is 14.2. The fourth-order valence-electron chi connectivity index (χ4n) is 2.43. The number of nitrogens with zero attached hydrogens (tertiary/aromatic N) is 3. The third-order valence-electron chi connectivity index (χ3n) is 3.84. The molecule has 0 aliphatic heterocycles. The van der Waals surface area contributed by atoms with E-state index in [9.17, 15) is 0 Å². The summed E-state index contributed by atoms with van der Waals surface area (Å²) >= 11 is 0. The SMILES string of the molecule is CCn1cc(CNc2ccc3oc(C4CC4)nc3c2)cn1. The first-order valence-corrected chi connectivity index (χ1v) is 7.47. The monoisotopic (exact) mass is 282 g/mol. The molecule has 0 atom stereocenters. The molecule has 0 bridgehead atoms. The maximum atomic E-state index is 5.78. The molecule has 1 aromatic carbocycles. The smallest absolute Gasteiger partial charge is 0.198 e. The molecule has 3 aromatic rings. The number of aromatic nitrogens is 3. The van der Waals surface area contributed by atoms with Crippen LogP contribution in [0.3, 0.4) is 0 Å². The van der Waals surface area contributed by atoms with Gasteiger partial charge in [0.2, 0.25) is 0 Å². The van der Waals surface area contributed by atoms with Crippen LogP contribution in [0.15, 0.2) is 35.0 Å². The molecular formula is C16H18N4O. The molecule has 21 heavy (non-hydrogen) atoms. The lowest BCUT2D eigenvalue weighted by molar-refractivity contribution is 0.533. The van der Waals surface area contributed by atoms with E-state index in [4.69, 9.17) is 4.42 Å². The average molecular weight is 282 g/mol. The molecule has 0 unspecified atom stereocenters. The number of fused-ring (bicyclic) bond motifs is 1. The maximum Gasteiger partial charge on any atom is 0.198 e. The lowest BCUT2D eigenvalue weighted by Crippen LogP contribution is -1.98. The summed E-state index contributed by atoms with van der Waals surface area (Å²) in [6.07, 6.45) is 6.38. The van der Waals surface area contributed by atoms with Gasteiger partial charge in [-0.2, -0.15) is 5.10 Å². The van der Waals surface area contributed by atoms with E-state index in [0.717, 1.165) is 35.8 Å². The summed E-state index contributed by atoms with van der Waals surface area (Å²) in [5, 5.41) is 7.69. The molecule has 1 N–H and O–H groups in total. The molecule has 4 rings (SSSR count). The van der Waals surface area contributed by atoms with Crippen LogP contribution in [0.1, 0.15) is 37.1 Å². The van der Waals surface area contributed by atoms with Gasteiger partial charge in [-0.25, -0.2) is 4.98 Å². The Morgan fingerprint density at radius 3 is 3.05 bits per heavy atom. The van der Waals surface area contributed by atoms with Crippen LogP contribution in [0.5, 0.6) is 0 Å². The van der Waals surface area contributed by atoms with Crippen molar-refractivity contribution in [3.63, 3.8) is 0 Å². The summed E-state index contributed by atoms with van der Waals surface area (Å²) in [6.45, 7) is 3.74. The molecule has 1 aliphatic carbocycles. The van der Waals surface area contributed by atoms with Gasteiger partial charge in [-0.15, -0.1) is 0 Å². The number of nitrogens with one attached hydrogen (secondary N) is 1. The Morgan fingerprint density at radius 1 is 1.38 bits per heavy atom. The van der Waals surface area contributed by atoms with Gasteiger partial charge in [0.05, 0.1) is 6.20 Å². The van der Waals surface area contributed by atoms with Crippen molar-refractivity contribution in [1.29, 1.82) is 0 Å². The van der Waals surface area contributed by atoms with Gasteiger partial charge in [-0.1, -0.05) is 0 Å². The van der Waals surface area contributed by atoms with E-state index < -0.39 is 0 Å². The average Bonchev–Trinajstić information content (AvgIpc) is 3.11. The second kappa shape index (κ2) is 4.91. The van der Waals surface area contributed by atoms with E-state index in [1.807, 2.05) is 23.0 Å². The summed E-state index contributed by atoms with van der Waals surface area (Å²) in [7, 11) is 0. The van der Waals surface area contributed by atoms with Crippen LogP contribution in [-0.4, -0.2) is 14.8 Å². The van der Waals surface area contributed by atoms with Gasteiger partial charge in [-0.3, -0.25) is 4.68 Å². The number of benzene rings is 1. The molecule has 1 saturated carbocycles. The highest BCUT2D eigenvalue weighted by Gasteiger charge is 2.28. The van der Waals surface area contributed by atoms with Crippen LogP contribution >= 0.6 is 0 Å². The van der Waals surface area contributed by atoms with Crippen molar-refractivity contribution in [1.82, 2.24) is 14.8 Å². The van der Waals surface area contributed by atoms with Gasteiger partial charge in [0.1, 0.15) is 5.52 Å². The Balaban J connectivity index is 1.50. The van der Waals surface area contributed by atoms with Crippen LogP contribution in [0.4, 0.5) is 5.69 Å². The summed E-state index contributed by atoms with van der Waals surface area (Å²) in [6, 6.07) is 6.08. The van der Waals surface area contributed by atoms with E-state index in [0.29, 0.717) is 5.92 Å². The molecule has 0 spiro atoms. The molecular weight excluding hydrogens is 264 g/mol. The van der Waals surface area contributed by atoms with Crippen molar-refractivity contribution in [3.8, 4) is 0 Å². The molecule has 5 heteroatoms. The lowest BCUT2D eigenvalue weighted by Gasteiger charge is -2.03. The highest BCUT2D eigenvalue weighted by molar-refractivity contribution is 5.77. The lowest BCUT2D eigenvalue weighted by atomic mass is 10.2. The third kappa shape index (κ3) is 2.51. The molecule has 0 saturated heterocycles. The highest BCUT2D eigenvalue weighted by atomic mass is 16.3. The van der Waals surface area contributed by atoms with E-state index in [2.05, 4.69) is 34.6 Å². The Morgan fingerprint density at radius 2 is 2.29 bits per heavy atom. The summed E-state index contributed by atoms with van der Waals surface area (Å²) in [5.41, 5.74) is 4.05. The normalized spacial score (nSPS) is 14.7. The minimum atomic E-state index is 0.550. The number of oxazole rings is 1. The quantitative estimate of drug-likeness (QED) is 0.777. The van der Waals surface area contributed by atoms with Gasteiger partial charge < -0.3 is 9.73 Å². The van der Waals surface area contributed by atoms with Crippen LogP contribution in [-0.2, 0) is 13.1 Å². The fourth-order valence-corrected chi connectivity index (χ4v) is 2.43. The molecule has 5 nitrogen and oxygen atoms in total. The predicted octanol–water partition coefficient (Wildman–Crippen LogP) is 3.53. The van der Waals surface area contributed by atoms with Crippen molar-refractivity contribution < 1.29 is 4.42 Å². The Labute approximate surface area is 123 Å². The van der Waals surface area contributed by atoms with Crippen molar-refractivity contribution >= 4 is 16.8 Å². The second-order valence-electron chi connectivity index (χ2n) is 5.57. The van der Waals surface area contributed by atoms with Crippen LogP contribution in [0.25, 0.3) is 11.1 Å². The van der Waals surface area contributed by atoms with E-state index in [1.54, 1.807) is 0 Å². The first-order chi connectivity index (χ1) is 10.3. The first-order valence-electron chi connectivity index (χ1n) is 7.47. The topological polar surface area (TPSA) is 55.9 Å². The Kier molecular flexibility index (Phi) is 2.91.